The van der Waals surface area contributed by atoms with Crippen LogP contribution < -0.4 is 10.6 Å². The van der Waals surface area contributed by atoms with Gasteiger partial charge in [0.05, 0.1) is 12.5 Å². The predicted molar refractivity (Wildman–Crippen MR) is 114 cm³/mol. The molecule has 6 rings (SSSR count). The Morgan fingerprint density at radius 1 is 1.27 bits per heavy atom. The third kappa shape index (κ3) is 2.91. The number of fused-ring (bicyclic) bond motifs is 4. The van der Waals surface area contributed by atoms with Crippen molar-refractivity contribution in [3.05, 3.63) is 59.4 Å². The zero-order valence-corrected chi connectivity index (χ0v) is 17.7. The molecule has 168 valence electrons. The number of amides is 4. The van der Waals surface area contributed by atoms with E-state index in [2.05, 4.69) is 15.6 Å². The highest BCUT2D eigenvalue weighted by Crippen LogP contribution is 2.43. The molecule has 5 heterocycles. The number of nitrogens with one attached hydrogen (secondary N) is 2. The Kier molecular flexibility index (Phi) is 4.21. The number of urea groups is 1. The maximum absolute atomic E-state index is 13.5. The first-order valence-corrected chi connectivity index (χ1v) is 10.6. The zero-order chi connectivity index (χ0) is 22.7. The fraction of sp³-hybridized carbons (Fsp3) is 0.304. The van der Waals surface area contributed by atoms with Gasteiger partial charge in [0.25, 0.3) is 5.91 Å². The monoisotopic (exact) mass is 448 g/mol. The number of hydrogen-bond donors (Lipinski definition) is 2. The first-order chi connectivity index (χ1) is 16.0. The lowest BCUT2D eigenvalue weighted by Gasteiger charge is -2.29. The van der Waals surface area contributed by atoms with Crippen LogP contribution in [0.2, 0.25) is 0 Å². The summed E-state index contributed by atoms with van der Waals surface area (Å²) >= 11 is 0. The SMILES string of the molecule is COCc1cc2c(o1)C=C[C@@H]1CN(C[C@@]3(c4cc5ncccc5o4)NC(=O)NC3=O)C(=O)C21. The number of methoxy groups -OCH3 is 1. The first kappa shape index (κ1) is 19.7. The number of carbonyl (C=O) groups excluding carboxylic acids is 3. The second-order valence-electron chi connectivity index (χ2n) is 8.50. The predicted octanol–water partition coefficient (Wildman–Crippen LogP) is 1.87. The maximum Gasteiger partial charge on any atom is 0.322 e. The summed E-state index contributed by atoms with van der Waals surface area (Å²) in [5.74, 6) is 0.302. The molecule has 3 aromatic heterocycles. The van der Waals surface area contributed by atoms with E-state index >= 15 is 0 Å². The van der Waals surface area contributed by atoms with E-state index in [0.717, 1.165) is 5.56 Å². The minimum absolute atomic E-state index is 0.0673. The maximum atomic E-state index is 13.5. The Morgan fingerprint density at radius 2 is 2.15 bits per heavy atom. The van der Waals surface area contributed by atoms with E-state index in [9.17, 15) is 14.4 Å². The van der Waals surface area contributed by atoms with Crippen LogP contribution in [0, 0.1) is 5.92 Å². The first-order valence-electron chi connectivity index (χ1n) is 10.6. The summed E-state index contributed by atoms with van der Waals surface area (Å²) in [5.41, 5.74) is 0.298. The molecule has 33 heavy (non-hydrogen) atoms. The summed E-state index contributed by atoms with van der Waals surface area (Å²) in [6.45, 7) is 0.640. The molecule has 3 aromatic rings. The molecule has 1 aliphatic carbocycles. The normalized spacial score (nSPS) is 26.0. The molecule has 0 radical (unpaired) electrons. The number of rotatable bonds is 5. The highest BCUT2D eigenvalue weighted by molar-refractivity contribution is 6.08. The highest BCUT2D eigenvalue weighted by Gasteiger charge is 2.55. The van der Waals surface area contributed by atoms with Crippen molar-refractivity contribution in [3.8, 4) is 0 Å². The molecule has 2 aliphatic heterocycles. The van der Waals surface area contributed by atoms with Crippen LogP contribution in [0.5, 0.6) is 0 Å². The van der Waals surface area contributed by atoms with E-state index in [-0.39, 0.29) is 24.1 Å². The van der Waals surface area contributed by atoms with Gasteiger partial charge in [0.15, 0.2) is 11.1 Å². The van der Waals surface area contributed by atoms with Gasteiger partial charge in [-0.3, -0.25) is 19.9 Å². The molecule has 0 aromatic carbocycles. The fourth-order valence-corrected chi connectivity index (χ4v) is 5.00. The second-order valence-corrected chi connectivity index (χ2v) is 8.50. The van der Waals surface area contributed by atoms with Crippen molar-refractivity contribution in [1.29, 1.82) is 0 Å². The van der Waals surface area contributed by atoms with Crippen LogP contribution in [-0.2, 0) is 26.5 Å². The third-order valence-corrected chi connectivity index (χ3v) is 6.47. The van der Waals surface area contributed by atoms with Crippen molar-refractivity contribution < 1.29 is 28.0 Å². The van der Waals surface area contributed by atoms with Gasteiger partial charge < -0.3 is 23.8 Å². The number of carbonyl (C=O) groups is 3. The van der Waals surface area contributed by atoms with E-state index in [1.54, 1.807) is 36.4 Å². The van der Waals surface area contributed by atoms with Gasteiger partial charge in [-0.2, -0.15) is 0 Å². The summed E-state index contributed by atoms with van der Waals surface area (Å²) < 4.78 is 16.9. The van der Waals surface area contributed by atoms with Gasteiger partial charge in [-0.1, -0.05) is 6.08 Å². The molecule has 4 amide bonds. The molecule has 0 saturated carbocycles. The molecule has 1 unspecified atom stereocenters. The van der Waals surface area contributed by atoms with E-state index in [1.807, 2.05) is 18.2 Å². The van der Waals surface area contributed by atoms with Crippen LogP contribution in [0.1, 0.15) is 28.8 Å². The van der Waals surface area contributed by atoms with Crippen molar-refractivity contribution in [2.45, 2.75) is 18.1 Å². The lowest BCUT2D eigenvalue weighted by Crippen LogP contribution is -2.53. The molecule has 2 fully saturated rings. The number of imide groups is 1. The quantitative estimate of drug-likeness (QED) is 0.571. The van der Waals surface area contributed by atoms with Crippen LogP contribution in [0.3, 0.4) is 0 Å². The van der Waals surface area contributed by atoms with Crippen molar-refractivity contribution >= 4 is 35.0 Å². The van der Waals surface area contributed by atoms with Gasteiger partial charge >= 0.3 is 6.03 Å². The van der Waals surface area contributed by atoms with Crippen LogP contribution in [0.4, 0.5) is 4.79 Å². The molecular weight excluding hydrogens is 428 g/mol. The van der Waals surface area contributed by atoms with E-state index < -0.39 is 23.4 Å². The average Bonchev–Trinajstić information content (AvgIpc) is 3.53. The van der Waals surface area contributed by atoms with Gasteiger partial charge in [0.1, 0.15) is 29.4 Å². The summed E-state index contributed by atoms with van der Waals surface area (Å²) in [6.07, 6.45) is 5.44. The van der Waals surface area contributed by atoms with Crippen LogP contribution >= 0.6 is 0 Å². The Hall–Kier alpha value is -3.92. The number of furan rings is 2. The molecule has 3 atom stereocenters. The van der Waals surface area contributed by atoms with Gasteiger partial charge in [0.2, 0.25) is 5.91 Å². The molecule has 10 heteroatoms. The number of likely N-dealkylation sites (tertiary alicyclic amines) is 1. The zero-order valence-electron chi connectivity index (χ0n) is 17.7. The minimum atomic E-state index is -1.55. The smallest absolute Gasteiger partial charge is 0.322 e. The van der Waals surface area contributed by atoms with Gasteiger partial charge in [-0.15, -0.1) is 0 Å². The largest absolute Gasteiger partial charge is 0.459 e. The van der Waals surface area contributed by atoms with Crippen LogP contribution in [0.15, 0.2) is 45.4 Å². The Morgan fingerprint density at radius 3 is 2.91 bits per heavy atom. The summed E-state index contributed by atoms with van der Waals surface area (Å²) in [6, 6.07) is 6.29. The molecule has 10 nitrogen and oxygen atoms in total. The lowest BCUT2D eigenvalue weighted by atomic mass is 9.84. The van der Waals surface area contributed by atoms with E-state index in [0.29, 0.717) is 35.8 Å². The highest BCUT2D eigenvalue weighted by atomic mass is 16.5. The second kappa shape index (κ2) is 7.04. The number of hydrogen-bond acceptors (Lipinski definition) is 7. The van der Waals surface area contributed by atoms with Crippen molar-refractivity contribution in [3.63, 3.8) is 0 Å². The molecule has 3 aliphatic rings. The Balaban J connectivity index is 1.36. The summed E-state index contributed by atoms with van der Waals surface area (Å²) in [4.78, 5) is 44.5. The number of ether oxygens (including phenoxy) is 1. The molecule has 2 N–H and O–H groups in total. The van der Waals surface area contributed by atoms with Gasteiger partial charge in [0, 0.05) is 37.4 Å². The molecular formula is C23H20N4O6. The van der Waals surface area contributed by atoms with Crippen LogP contribution in [0.25, 0.3) is 17.2 Å². The van der Waals surface area contributed by atoms with Gasteiger partial charge in [-0.05, 0) is 24.3 Å². The molecule has 0 spiro atoms. The Bertz CT molecular complexity index is 1310. The Labute approximate surface area is 187 Å². The van der Waals surface area contributed by atoms with E-state index in [1.165, 1.54) is 0 Å². The molecule has 2 saturated heterocycles. The van der Waals surface area contributed by atoms with Crippen molar-refractivity contribution in [2.24, 2.45) is 5.92 Å². The standard InChI is InChI=1S/C23H20N4O6/c1-31-10-13-7-14-16(32-13)5-4-12-9-27(20(28)19(12)14)11-23(21(29)25-22(30)26-23)18-8-15-17(33-18)3-2-6-24-15/h2-8,12,19H,9-11H2,1H3,(H2,25,26,29,30)/t12-,19?,23+/m1/s1. The number of aromatic nitrogens is 1. The molecule has 0 bridgehead atoms. The number of pyridine rings is 1. The fourth-order valence-electron chi connectivity index (χ4n) is 5.00. The third-order valence-electron chi connectivity index (χ3n) is 6.47. The summed E-state index contributed by atoms with van der Waals surface area (Å²) in [7, 11) is 1.58. The topological polar surface area (TPSA) is 127 Å². The number of nitrogens with zero attached hydrogens (tertiary/aromatic N) is 2. The van der Waals surface area contributed by atoms with Crippen LogP contribution in [-0.4, -0.2) is 47.9 Å². The summed E-state index contributed by atoms with van der Waals surface area (Å²) in [5, 5.41) is 4.98. The van der Waals surface area contributed by atoms with Crippen molar-refractivity contribution in [2.75, 3.05) is 20.2 Å². The average molecular weight is 448 g/mol. The lowest BCUT2D eigenvalue weighted by molar-refractivity contribution is -0.132. The van der Waals surface area contributed by atoms with Crippen molar-refractivity contribution in [1.82, 2.24) is 20.5 Å². The minimum Gasteiger partial charge on any atom is -0.459 e. The van der Waals surface area contributed by atoms with Gasteiger partial charge in [-0.25, -0.2) is 4.79 Å². The van der Waals surface area contributed by atoms with E-state index in [4.69, 9.17) is 13.6 Å².